The Hall–Kier alpha value is -4.93. The number of piperidine rings is 2. The van der Waals surface area contributed by atoms with Crippen molar-refractivity contribution in [3.8, 4) is 0 Å². The zero-order valence-corrected chi connectivity index (χ0v) is 33.2. The second-order valence-electron chi connectivity index (χ2n) is 15.8. The van der Waals surface area contributed by atoms with Crippen LogP contribution >= 0.6 is 0 Å². The first-order valence-electron chi connectivity index (χ1n) is 20.3. The maximum Gasteiger partial charge on any atom is 0.419 e. The molecular weight excluding hydrogens is 734 g/mol. The van der Waals surface area contributed by atoms with Crippen LogP contribution in [0.4, 0.5) is 15.3 Å². The molecule has 308 valence electrons. The summed E-state index contributed by atoms with van der Waals surface area (Å²) in [6.07, 6.45) is 1.12. The van der Waals surface area contributed by atoms with Gasteiger partial charge in [0, 0.05) is 96.7 Å². The van der Waals surface area contributed by atoms with Crippen LogP contribution in [-0.2, 0) is 39.0 Å². The Labute approximate surface area is 332 Å². The number of hydrogen-bond acceptors (Lipinski definition) is 11. The number of hydrogen-bond donors (Lipinski definition) is 2. The number of carbonyl (C=O) groups is 4. The lowest BCUT2D eigenvalue weighted by Gasteiger charge is -2.43. The minimum atomic E-state index is -1.11. The number of para-hydroxylation sites is 1. The van der Waals surface area contributed by atoms with Gasteiger partial charge >= 0.3 is 23.8 Å². The lowest BCUT2D eigenvalue weighted by Crippen LogP contribution is -2.55. The van der Waals surface area contributed by atoms with Crippen LogP contribution in [0.15, 0.2) is 45.6 Å². The Morgan fingerprint density at radius 2 is 1.58 bits per heavy atom. The summed E-state index contributed by atoms with van der Waals surface area (Å²) in [6, 6.07) is 11.6. The minimum absolute atomic E-state index is 0.0279. The summed E-state index contributed by atoms with van der Waals surface area (Å²) < 4.78 is 17.9. The Morgan fingerprint density at radius 1 is 0.895 bits per heavy atom. The molecule has 16 heteroatoms. The number of aryl methyl sites for hydroxylation is 2. The third kappa shape index (κ3) is 9.45. The van der Waals surface area contributed by atoms with Gasteiger partial charge in [0.15, 0.2) is 18.0 Å². The van der Waals surface area contributed by atoms with Gasteiger partial charge in [-0.3, -0.25) is 19.1 Å². The van der Waals surface area contributed by atoms with E-state index in [1.54, 1.807) is 22.9 Å². The molecule has 1 unspecified atom stereocenters. The van der Waals surface area contributed by atoms with Gasteiger partial charge in [-0.15, -0.1) is 0 Å². The van der Waals surface area contributed by atoms with E-state index in [2.05, 4.69) is 15.1 Å². The number of likely N-dealkylation sites (tertiary alicyclic amines) is 2. The fraction of sp³-hybridized carbons (Fsp3) is 0.585. The third-order valence-electron chi connectivity index (χ3n) is 12.0. The van der Waals surface area contributed by atoms with Crippen molar-refractivity contribution in [1.82, 2.24) is 29.1 Å². The van der Waals surface area contributed by atoms with Crippen LogP contribution in [0.5, 0.6) is 0 Å². The van der Waals surface area contributed by atoms with Crippen LogP contribution < -0.4 is 11.1 Å². The van der Waals surface area contributed by atoms with Crippen molar-refractivity contribution < 1.29 is 38.2 Å². The van der Waals surface area contributed by atoms with Gasteiger partial charge in [0.2, 0.25) is 0 Å². The number of carbonyl (C=O) groups excluding carboxylic acids is 4. The van der Waals surface area contributed by atoms with E-state index < -0.39 is 30.2 Å². The van der Waals surface area contributed by atoms with E-state index in [1.807, 2.05) is 42.2 Å². The summed E-state index contributed by atoms with van der Waals surface area (Å²) in [6.45, 7) is 9.68. The predicted molar refractivity (Wildman–Crippen MR) is 211 cm³/mol. The van der Waals surface area contributed by atoms with Crippen LogP contribution in [0.25, 0.3) is 11.1 Å². The number of aliphatic hydroxyl groups excluding tert-OH is 1. The first-order valence-corrected chi connectivity index (χ1v) is 20.3. The van der Waals surface area contributed by atoms with Gasteiger partial charge in [0.1, 0.15) is 0 Å². The molecule has 2 N–H and O–H groups in total. The average Bonchev–Trinajstić information content (AvgIpc) is 3.38. The largest absolute Gasteiger partial charge is 0.436 e. The molecule has 5 heterocycles. The predicted octanol–water partition coefficient (Wildman–Crippen LogP) is 2.92. The molecule has 57 heavy (non-hydrogen) atoms. The van der Waals surface area contributed by atoms with Crippen molar-refractivity contribution in [3.63, 3.8) is 0 Å². The molecule has 4 aliphatic heterocycles. The van der Waals surface area contributed by atoms with Crippen LogP contribution in [0.3, 0.4) is 0 Å². The first kappa shape index (κ1) is 40.3. The number of nitrogens with zero attached hydrogens (tertiary/aromatic N) is 6. The fourth-order valence-electron chi connectivity index (χ4n) is 8.89. The number of aliphatic hydroxyl groups is 1. The molecule has 0 aliphatic carbocycles. The molecular formula is C41H55N7O9. The van der Waals surface area contributed by atoms with Crippen LogP contribution in [0.1, 0.15) is 55.7 Å². The third-order valence-corrected chi connectivity index (χ3v) is 12.0. The molecule has 0 spiro atoms. The monoisotopic (exact) mass is 789 g/mol. The highest BCUT2D eigenvalue weighted by Gasteiger charge is 2.37. The Morgan fingerprint density at radius 3 is 2.30 bits per heavy atom. The Kier molecular flexibility index (Phi) is 12.5. The van der Waals surface area contributed by atoms with Crippen molar-refractivity contribution in [2.24, 2.45) is 7.05 Å². The smallest absolute Gasteiger partial charge is 0.419 e. The molecule has 0 saturated carbocycles. The average molecular weight is 790 g/mol. The molecule has 4 amide bonds. The van der Waals surface area contributed by atoms with Crippen molar-refractivity contribution in [2.45, 2.75) is 83.3 Å². The standard InChI is InChI=1S/C41H55N7O9/c1-27-24-29(25-34-37(27)43(3)40(53)56-34)26-35(38(51)46-15-9-31(10-16-46)45-22-20-44(21-23-45)14-13-36(50)55-28(2)49)57-41(54)47-17-11-32(12-18-47)48-19-8-30-6-4-5-7-33(30)42-39(48)52/h4-7,24-25,28,31-32,35,49H,8-23,26H2,1-3H3,(H,42,52)/t28?,35-/m1/s1. The Balaban J connectivity index is 0.966. The van der Waals surface area contributed by atoms with E-state index in [0.29, 0.717) is 69.3 Å². The van der Waals surface area contributed by atoms with Gasteiger partial charge in [-0.1, -0.05) is 24.3 Å². The number of amides is 4. The number of anilines is 1. The van der Waals surface area contributed by atoms with E-state index in [1.165, 1.54) is 11.5 Å². The zero-order chi connectivity index (χ0) is 40.2. The van der Waals surface area contributed by atoms with Gasteiger partial charge in [-0.25, -0.2) is 14.4 Å². The highest BCUT2D eigenvalue weighted by Crippen LogP contribution is 2.27. The van der Waals surface area contributed by atoms with E-state index in [9.17, 15) is 29.1 Å². The van der Waals surface area contributed by atoms with E-state index >= 15 is 0 Å². The molecule has 3 fully saturated rings. The number of piperazine rings is 1. The highest BCUT2D eigenvalue weighted by molar-refractivity contribution is 5.91. The molecule has 2 aromatic carbocycles. The second kappa shape index (κ2) is 17.7. The molecule has 2 atom stereocenters. The Bertz CT molecular complexity index is 1990. The number of ether oxygens (including phenoxy) is 2. The molecule has 1 aromatic heterocycles. The van der Waals surface area contributed by atoms with Crippen molar-refractivity contribution in [1.29, 1.82) is 0 Å². The van der Waals surface area contributed by atoms with Gasteiger partial charge in [-0.05, 0) is 74.8 Å². The number of urea groups is 1. The second-order valence-corrected chi connectivity index (χ2v) is 15.8. The van der Waals surface area contributed by atoms with Crippen molar-refractivity contribution in [2.75, 3.05) is 70.8 Å². The number of esters is 1. The highest BCUT2D eigenvalue weighted by atomic mass is 16.6. The summed E-state index contributed by atoms with van der Waals surface area (Å²) in [7, 11) is 1.65. The summed E-state index contributed by atoms with van der Waals surface area (Å²) in [5.74, 6) is -1.14. The van der Waals surface area contributed by atoms with E-state index in [0.717, 1.165) is 67.8 Å². The van der Waals surface area contributed by atoms with Crippen molar-refractivity contribution >= 4 is 40.8 Å². The number of rotatable bonds is 10. The molecule has 7 rings (SSSR count). The van der Waals surface area contributed by atoms with Gasteiger partial charge in [-0.2, -0.15) is 0 Å². The number of benzene rings is 2. The molecule has 3 aromatic rings. The van der Waals surface area contributed by atoms with E-state index in [4.69, 9.17) is 13.9 Å². The molecule has 0 bridgehead atoms. The maximum absolute atomic E-state index is 14.3. The SMILES string of the molecule is Cc1cc(C[C@@H](OC(=O)N2CCC(N3CCc4ccccc4NC3=O)CC2)C(=O)N2CCC(N3CCN(CCC(=O)OC(C)O)CC3)CC2)cc2oc(=O)n(C)c12. The van der Waals surface area contributed by atoms with E-state index in [-0.39, 0.29) is 30.8 Å². The fourth-order valence-corrected chi connectivity index (χ4v) is 8.89. The van der Waals surface area contributed by atoms with Gasteiger partial charge in [0.05, 0.1) is 11.9 Å². The topological polar surface area (TPSA) is 170 Å². The number of fused-ring (bicyclic) bond motifs is 2. The van der Waals surface area contributed by atoms with Crippen LogP contribution in [0.2, 0.25) is 0 Å². The zero-order valence-electron chi connectivity index (χ0n) is 33.2. The molecule has 4 aliphatic rings. The number of nitrogens with one attached hydrogen (secondary N) is 1. The molecule has 16 nitrogen and oxygen atoms in total. The van der Waals surface area contributed by atoms with Crippen molar-refractivity contribution in [3.05, 3.63) is 63.6 Å². The van der Waals surface area contributed by atoms with Crippen LogP contribution in [-0.4, -0.2) is 148 Å². The molecule has 3 saturated heterocycles. The normalized spacial score (nSPS) is 20.1. The molecule has 0 radical (unpaired) electrons. The summed E-state index contributed by atoms with van der Waals surface area (Å²) in [5.41, 5.74) is 4.56. The summed E-state index contributed by atoms with van der Waals surface area (Å²) >= 11 is 0. The summed E-state index contributed by atoms with van der Waals surface area (Å²) in [4.78, 5) is 75.4. The summed E-state index contributed by atoms with van der Waals surface area (Å²) in [5, 5.41) is 12.3. The number of aromatic nitrogens is 1. The first-order chi connectivity index (χ1) is 27.4. The quantitative estimate of drug-likeness (QED) is 0.229. The number of oxazole rings is 1. The minimum Gasteiger partial charge on any atom is -0.436 e. The lowest BCUT2D eigenvalue weighted by molar-refractivity contribution is -0.165. The van der Waals surface area contributed by atoms with Gasteiger partial charge in [0.25, 0.3) is 5.91 Å². The van der Waals surface area contributed by atoms with Gasteiger partial charge < -0.3 is 43.9 Å². The lowest BCUT2D eigenvalue weighted by atomic mass is 9.99. The van der Waals surface area contributed by atoms with Crippen LogP contribution in [0, 0.1) is 6.92 Å². The maximum atomic E-state index is 14.3.